The van der Waals surface area contributed by atoms with E-state index < -0.39 is 41.4 Å². The monoisotopic (exact) mass is 384 g/mol. The molecular weight excluding hydrogens is 375 g/mol. The van der Waals surface area contributed by atoms with E-state index in [1.807, 2.05) is 5.32 Å². The number of anilines is 3. The van der Waals surface area contributed by atoms with E-state index in [1.165, 1.54) is 18.3 Å². The van der Waals surface area contributed by atoms with Gasteiger partial charge in [-0.2, -0.15) is 22.5 Å². The number of rotatable bonds is 2. The van der Waals surface area contributed by atoms with Gasteiger partial charge >= 0.3 is 12.2 Å². The molecule has 0 saturated carbocycles. The number of nitrogens with two attached hydrogens (primary N) is 1. The highest BCUT2D eigenvalue weighted by molar-refractivity contribution is 6.00. The first kappa shape index (κ1) is 18.2. The molecule has 3 aromatic rings. The summed E-state index contributed by atoms with van der Waals surface area (Å²) in [6.07, 6.45) is -3.83. The number of nitrogens with zero attached hydrogens (tertiary/aromatic N) is 3. The maximum atomic E-state index is 13.4. The molecule has 0 aliphatic rings. The fraction of sp³-hybridized carbons (Fsp3) is 0.0667. The predicted octanol–water partition coefficient (Wildman–Crippen LogP) is 3.55. The summed E-state index contributed by atoms with van der Waals surface area (Å²) >= 11 is 0. The van der Waals surface area contributed by atoms with Gasteiger partial charge in [0.15, 0.2) is 17.3 Å². The van der Waals surface area contributed by atoms with Crippen LogP contribution in [0.15, 0.2) is 30.5 Å². The smallest absolute Gasteiger partial charge is 0.381 e. The molecule has 4 N–H and O–H groups in total. The van der Waals surface area contributed by atoms with Gasteiger partial charge in [-0.1, -0.05) is 6.07 Å². The third-order valence-electron chi connectivity index (χ3n) is 3.32. The number of urea groups is 1. The number of nitrogens with one attached hydrogen (secondary N) is 2. The molecule has 140 valence electrons. The Morgan fingerprint density at radius 3 is 2.48 bits per heavy atom. The lowest BCUT2D eigenvalue weighted by Gasteiger charge is -2.11. The minimum atomic E-state index is -5.12. The van der Waals surface area contributed by atoms with Crippen LogP contribution in [0.4, 0.5) is 44.2 Å². The van der Waals surface area contributed by atoms with Gasteiger partial charge in [0.2, 0.25) is 11.9 Å². The highest BCUT2D eigenvalue weighted by atomic mass is 19.4. The van der Waals surface area contributed by atoms with Gasteiger partial charge < -0.3 is 11.1 Å². The third-order valence-corrected chi connectivity index (χ3v) is 3.32. The van der Waals surface area contributed by atoms with Gasteiger partial charge in [0.1, 0.15) is 0 Å². The number of amides is 2. The summed E-state index contributed by atoms with van der Waals surface area (Å²) in [7, 11) is 0. The lowest BCUT2D eigenvalue weighted by Crippen LogP contribution is -2.23. The zero-order valence-corrected chi connectivity index (χ0v) is 13.1. The van der Waals surface area contributed by atoms with Crippen molar-refractivity contribution in [3.63, 3.8) is 0 Å². The van der Waals surface area contributed by atoms with Crippen LogP contribution in [0.1, 0.15) is 5.69 Å². The average Bonchev–Trinajstić information content (AvgIpc) is 2.56. The van der Waals surface area contributed by atoms with Gasteiger partial charge in [0.25, 0.3) is 0 Å². The first-order chi connectivity index (χ1) is 12.6. The van der Waals surface area contributed by atoms with Crippen LogP contribution in [0.3, 0.4) is 0 Å². The Morgan fingerprint density at radius 1 is 1.04 bits per heavy atom. The molecule has 0 atom stereocenters. The lowest BCUT2D eigenvalue weighted by molar-refractivity contribution is -0.143. The molecule has 12 heteroatoms. The maximum absolute atomic E-state index is 13.4. The minimum absolute atomic E-state index is 0.205. The van der Waals surface area contributed by atoms with Gasteiger partial charge in [-0.25, -0.2) is 19.2 Å². The summed E-state index contributed by atoms with van der Waals surface area (Å²) in [4.78, 5) is 21.6. The number of benzene rings is 1. The molecule has 3 rings (SSSR count). The molecule has 1 aromatic carbocycles. The highest BCUT2D eigenvalue weighted by Gasteiger charge is 2.38. The molecular formula is C15H9F5N6O. The maximum Gasteiger partial charge on any atom is 0.436 e. The van der Waals surface area contributed by atoms with Crippen LogP contribution in [-0.4, -0.2) is 21.0 Å². The molecule has 2 heterocycles. The molecule has 2 aromatic heterocycles. The number of aromatic nitrogens is 3. The SMILES string of the molecule is Nc1nc(NC(=O)Nc2ccc3cnc(F)cc3c2)nc(C(F)(F)F)c1F. The van der Waals surface area contributed by atoms with Crippen LogP contribution in [0.5, 0.6) is 0 Å². The van der Waals surface area contributed by atoms with Crippen molar-refractivity contribution in [3.8, 4) is 0 Å². The minimum Gasteiger partial charge on any atom is -0.381 e. The zero-order valence-electron chi connectivity index (χ0n) is 13.1. The number of halogens is 5. The quantitative estimate of drug-likeness (QED) is 0.463. The molecule has 0 radical (unpaired) electrons. The number of nitrogen functional groups attached to an aromatic ring is 1. The van der Waals surface area contributed by atoms with E-state index in [1.54, 1.807) is 6.07 Å². The van der Waals surface area contributed by atoms with E-state index in [2.05, 4.69) is 20.3 Å². The Labute approximate surface area is 147 Å². The third kappa shape index (κ3) is 3.99. The first-order valence-electron chi connectivity index (χ1n) is 7.17. The number of carbonyl (C=O) groups excluding carboxylic acids is 1. The molecule has 2 amide bonds. The Bertz CT molecular complexity index is 1040. The average molecular weight is 384 g/mol. The Hall–Kier alpha value is -3.57. The molecule has 0 spiro atoms. The molecule has 27 heavy (non-hydrogen) atoms. The molecule has 7 nitrogen and oxygen atoms in total. The van der Waals surface area contributed by atoms with Crippen LogP contribution >= 0.6 is 0 Å². The van der Waals surface area contributed by atoms with Crippen molar-refractivity contribution in [2.45, 2.75) is 6.18 Å². The predicted molar refractivity (Wildman–Crippen MR) is 85.7 cm³/mol. The fourth-order valence-electron chi connectivity index (χ4n) is 2.16. The van der Waals surface area contributed by atoms with Gasteiger partial charge in [-0.05, 0) is 17.5 Å². The number of fused-ring (bicyclic) bond motifs is 1. The van der Waals surface area contributed by atoms with Gasteiger partial charge in [0.05, 0.1) is 0 Å². The zero-order chi connectivity index (χ0) is 19.8. The highest BCUT2D eigenvalue weighted by Crippen LogP contribution is 2.32. The van der Waals surface area contributed by atoms with Crippen LogP contribution in [0.25, 0.3) is 10.8 Å². The van der Waals surface area contributed by atoms with Crippen molar-refractivity contribution in [2.24, 2.45) is 0 Å². The van der Waals surface area contributed by atoms with Crippen molar-refractivity contribution in [1.29, 1.82) is 0 Å². The van der Waals surface area contributed by atoms with E-state index in [4.69, 9.17) is 5.73 Å². The Balaban J connectivity index is 1.81. The summed E-state index contributed by atoms with van der Waals surface area (Å²) in [5.74, 6) is -4.46. The van der Waals surface area contributed by atoms with E-state index >= 15 is 0 Å². The summed E-state index contributed by atoms with van der Waals surface area (Å²) in [6, 6.07) is 4.55. The van der Waals surface area contributed by atoms with E-state index in [9.17, 15) is 26.7 Å². The number of hydrogen-bond acceptors (Lipinski definition) is 5. The first-order valence-corrected chi connectivity index (χ1v) is 7.17. The van der Waals surface area contributed by atoms with Crippen LogP contribution < -0.4 is 16.4 Å². The number of hydrogen-bond donors (Lipinski definition) is 3. The lowest BCUT2D eigenvalue weighted by atomic mass is 10.1. The molecule has 0 fully saturated rings. The molecule has 0 aliphatic carbocycles. The van der Waals surface area contributed by atoms with Crippen molar-refractivity contribution in [1.82, 2.24) is 15.0 Å². The topological polar surface area (TPSA) is 106 Å². The van der Waals surface area contributed by atoms with Crippen molar-refractivity contribution in [3.05, 3.63) is 47.9 Å². The fourth-order valence-corrected chi connectivity index (χ4v) is 2.16. The van der Waals surface area contributed by atoms with Crippen molar-refractivity contribution in [2.75, 3.05) is 16.4 Å². The standard InChI is InChI=1S/C15H9F5N6O/c16-9-4-7-3-8(2-1-6(7)5-22-9)23-14(27)26-13-24-11(15(18,19)20)10(17)12(21)25-13/h1-5H,(H4,21,23,24,25,26,27). The van der Waals surface area contributed by atoms with Gasteiger partial charge in [0, 0.05) is 23.3 Å². The second-order valence-electron chi connectivity index (χ2n) is 5.24. The van der Waals surface area contributed by atoms with Gasteiger partial charge in [-0.15, -0.1) is 0 Å². The van der Waals surface area contributed by atoms with Crippen LogP contribution in [-0.2, 0) is 6.18 Å². The molecule has 0 bridgehead atoms. The van der Waals surface area contributed by atoms with E-state index in [-0.39, 0.29) is 5.69 Å². The van der Waals surface area contributed by atoms with Crippen LogP contribution in [0.2, 0.25) is 0 Å². The Morgan fingerprint density at radius 2 is 1.78 bits per heavy atom. The largest absolute Gasteiger partial charge is 0.436 e. The second kappa shape index (κ2) is 6.63. The van der Waals surface area contributed by atoms with Crippen molar-refractivity contribution < 1.29 is 26.7 Å². The second-order valence-corrected chi connectivity index (χ2v) is 5.24. The summed E-state index contributed by atoms with van der Waals surface area (Å²) in [5, 5.41) is 5.27. The van der Waals surface area contributed by atoms with E-state index in [0.29, 0.717) is 10.8 Å². The normalized spacial score (nSPS) is 11.4. The van der Waals surface area contributed by atoms with E-state index in [0.717, 1.165) is 6.07 Å². The number of carbonyl (C=O) groups is 1. The number of alkyl halides is 3. The summed E-state index contributed by atoms with van der Waals surface area (Å²) in [6.45, 7) is 0. The summed E-state index contributed by atoms with van der Waals surface area (Å²) in [5.41, 5.74) is 3.39. The van der Waals surface area contributed by atoms with Gasteiger partial charge in [-0.3, -0.25) is 5.32 Å². The number of pyridine rings is 1. The molecule has 0 unspecified atom stereocenters. The molecule has 0 aliphatic heterocycles. The Kier molecular flexibility index (Phi) is 4.47. The van der Waals surface area contributed by atoms with Crippen molar-refractivity contribution >= 4 is 34.3 Å². The summed E-state index contributed by atoms with van der Waals surface area (Å²) < 4.78 is 64.7. The van der Waals surface area contributed by atoms with Crippen LogP contribution in [0, 0.1) is 11.8 Å². The molecule has 0 saturated heterocycles.